The second-order valence-electron chi connectivity index (χ2n) is 23.1. The van der Waals surface area contributed by atoms with E-state index in [4.69, 9.17) is 66.2 Å². The van der Waals surface area contributed by atoms with E-state index in [0.717, 1.165) is 75.0 Å². The molecule has 330 valence electrons. The van der Waals surface area contributed by atoms with Crippen LogP contribution in [0.15, 0.2) is 54.6 Å². The Balaban J connectivity index is 1.19. The summed E-state index contributed by atoms with van der Waals surface area (Å²) in [6.45, 7) is 0. The summed E-state index contributed by atoms with van der Waals surface area (Å²) in [5.41, 5.74) is 24.3. The monoisotopic (exact) mass is 903 g/mol. The molecular formula is C54H60Cl3N3O3. The van der Waals surface area contributed by atoms with Crippen LogP contribution in [-0.2, 0) is 16.2 Å². The van der Waals surface area contributed by atoms with Crippen molar-refractivity contribution in [1.29, 1.82) is 0 Å². The fourth-order valence-electron chi connectivity index (χ4n) is 17.8. The summed E-state index contributed by atoms with van der Waals surface area (Å²) < 4.78 is 23.3. The van der Waals surface area contributed by atoms with Crippen LogP contribution < -0.4 is 31.4 Å². The molecule has 12 aliphatic carbocycles. The van der Waals surface area contributed by atoms with Crippen LogP contribution in [0.1, 0.15) is 132 Å². The molecular weight excluding hydrogens is 845 g/mol. The first-order chi connectivity index (χ1) is 30.4. The maximum atomic E-state index is 7.78. The Hall–Kier alpha value is -3.45. The molecule has 63 heavy (non-hydrogen) atoms. The fraction of sp³-hybridized carbons (Fsp3) is 0.556. The highest BCUT2D eigenvalue weighted by atomic mass is 35.5. The molecule has 0 heterocycles. The smallest absolute Gasteiger partial charge is 0.146 e. The minimum Gasteiger partial charge on any atom is -0.455 e. The van der Waals surface area contributed by atoms with E-state index in [2.05, 4.69) is 0 Å². The van der Waals surface area contributed by atoms with Crippen LogP contribution in [-0.4, -0.2) is 0 Å². The van der Waals surface area contributed by atoms with Crippen LogP contribution in [0, 0.1) is 53.3 Å². The standard InChI is InChI=1S/C54H60Cl3N3O3/c55-40-16-37(58)1-4-43(40)61-49-46(52-19-28-7-29(20-52)9-30(8-28)21-52)50(62-44-5-2-38(59)17-41(44)56)48(54-25-34-13-35(26-54)15-36(14-34)27-54)51(63-45-6-3-39(60)18-42(45)57)47(49)53-22-31-10-32(23-53)12-33(11-31)24-53/h1-6,16-18,28-36H,7-15,19-27,58-60H2. The van der Waals surface area contributed by atoms with E-state index < -0.39 is 0 Å². The first kappa shape index (κ1) is 39.9. The third-order valence-electron chi connectivity index (χ3n) is 18.6. The molecule has 4 aromatic rings. The van der Waals surface area contributed by atoms with Crippen molar-refractivity contribution in [2.75, 3.05) is 17.2 Å². The molecule has 16 rings (SSSR count). The van der Waals surface area contributed by atoms with Gasteiger partial charge in [-0.3, -0.25) is 0 Å². The molecule has 6 nitrogen and oxygen atoms in total. The number of nitrogen functional groups attached to an aromatic ring is 3. The van der Waals surface area contributed by atoms with Crippen molar-refractivity contribution in [2.24, 2.45) is 53.3 Å². The van der Waals surface area contributed by atoms with Crippen molar-refractivity contribution < 1.29 is 14.2 Å². The maximum absolute atomic E-state index is 7.78. The average Bonchev–Trinajstić information content (AvgIpc) is 3.19. The lowest BCUT2D eigenvalue weighted by Crippen LogP contribution is -2.52. The molecule has 0 saturated heterocycles. The van der Waals surface area contributed by atoms with Crippen LogP contribution in [0.5, 0.6) is 34.5 Å². The van der Waals surface area contributed by atoms with Crippen molar-refractivity contribution in [2.45, 2.75) is 132 Å². The normalized spacial score (nSPS) is 37.5. The molecule has 12 aliphatic rings. The summed E-state index contributed by atoms with van der Waals surface area (Å²) in [5, 5.41) is 1.50. The van der Waals surface area contributed by atoms with E-state index in [1.165, 1.54) is 74.5 Å². The Morgan fingerprint density at radius 2 is 0.556 bits per heavy atom. The molecule has 0 radical (unpaired) electrons. The van der Waals surface area contributed by atoms with Gasteiger partial charge in [0.25, 0.3) is 0 Å². The molecule has 9 heteroatoms. The predicted molar refractivity (Wildman–Crippen MR) is 254 cm³/mol. The van der Waals surface area contributed by atoms with Gasteiger partial charge in [0.2, 0.25) is 0 Å². The SMILES string of the molecule is Nc1ccc(Oc2c(C34CC5CC(CC(C5)C3)C4)c(Oc3ccc(N)cc3Cl)c(C34CC5CC(CC(C5)C3)C4)c(Oc3ccc(N)cc3Cl)c2C23CC4CC(CC(C4)C2)C3)c(Cl)c1. The number of rotatable bonds is 9. The van der Waals surface area contributed by atoms with Crippen molar-refractivity contribution in [1.82, 2.24) is 0 Å². The van der Waals surface area contributed by atoms with E-state index in [-0.39, 0.29) is 16.2 Å². The van der Waals surface area contributed by atoms with Gasteiger partial charge in [0.1, 0.15) is 34.5 Å². The zero-order valence-corrected chi connectivity index (χ0v) is 38.5. The van der Waals surface area contributed by atoms with E-state index in [1.807, 2.05) is 54.6 Å². The van der Waals surface area contributed by atoms with Gasteiger partial charge in [-0.15, -0.1) is 0 Å². The van der Waals surface area contributed by atoms with Crippen molar-refractivity contribution in [3.8, 4) is 34.5 Å². The highest BCUT2D eigenvalue weighted by Gasteiger charge is 2.62. The summed E-state index contributed by atoms with van der Waals surface area (Å²) in [4.78, 5) is 0. The molecule has 4 aromatic carbocycles. The van der Waals surface area contributed by atoms with E-state index in [1.54, 1.807) is 0 Å². The summed E-state index contributed by atoms with van der Waals surface area (Å²) in [6.07, 6.45) is 22.0. The fourth-order valence-corrected chi connectivity index (χ4v) is 18.5. The summed E-state index contributed by atoms with van der Waals surface area (Å²) >= 11 is 21.7. The lowest BCUT2D eigenvalue weighted by molar-refractivity contribution is -0.0152. The molecule has 12 bridgehead atoms. The zero-order valence-electron chi connectivity index (χ0n) is 36.2. The van der Waals surface area contributed by atoms with Gasteiger partial charge in [-0.2, -0.15) is 0 Å². The molecule has 0 unspecified atom stereocenters. The van der Waals surface area contributed by atoms with Crippen LogP contribution in [0.2, 0.25) is 15.1 Å². The Bertz CT molecular complexity index is 2150. The lowest BCUT2D eigenvalue weighted by atomic mass is 9.44. The maximum Gasteiger partial charge on any atom is 0.146 e. The van der Waals surface area contributed by atoms with Gasteiger partial charge in [-0.1, -0.05) is 34.8 Å². The van der Waals surface area contributed by atoms with Gasteiger partial charge >= 0.3 is 0 Å². The number of anilines is 3. The summed E-state index contributed by atoms with van der Waals surface area (Å²) in [7, 11) is 0. The Morgan fingerprint density at radius 1 is 0.349 bits per heavy atom. The Labute approximate surface area is 387 Å². The zero-order chi connectivity index (χ0) is 42.6. The third-order valence-corrected chi connectivity index (χ3v) is 19.5. The minimum atomic E-state index is -0.161. The molecule has 12 fully saturated rings. The lowest BCUT2D eigenvalue weighted by Gasteiger charge is -2.61. The Kier molecular flexibility index (Phi) is 9.04. The second-order valence-corrected chi connectivity index (χ2v) is 24.3. The van der Waals surface area contributed by atoms with Gasteiger partial charge in [0, 0.05) is 50.0 Å². The Morgan fingerprint density at radius 3 is 0.746 bits per heavy atom. The highest BCUT2D eigenvalue weighted by Crippen LogP contribution is 2.73. The molecule has 0 spiro atoms. The van der Waals surface area contributed by atoms with Gasteiger partial charge in [-0.25, -0.2) is 0 Å². The van der Waals surface area contributed by atoms with E-state index in [0.29, 0.717) is 103 Å². The number of hydrogen-bond acceptors (Lipinski definition) is 6. The van der Waals surface area contributed by atoms with Gasteiger partial charge in [0.05, 0.1) is 15.1 Å². The van der Waals surface area contributed by atoms with E-state index >= 15 is 0 Å². The number of nitrogens with two attached hydrogens (primary N) is 3. The van der Waals surface area contributed by atoms with Crippen LogP contribution in [0.25, 0.3) is 0 Å². The van der Waals surface area contributed by atoms with Crippen molar-refractivity contribution in [3.63, 3.8) is 0 Å². The van der Waals surface area contributed by atoms with Crippen molar-refractivity contribution >= 4 is 51.9 Å². The highest BCUT2D eigenvalue weighted by molar-refractivity contribution is 6.33. The molecule has 6 N–H and O–H groups in total. The first-order valence-corrected chi connectivity index (χ1v) is 25.5. The van der Waals surface area contributed by atoms with E-state index in [9.17, 15) is 0 Å². The summed E-state index contributed by atoms with van der Waals surface area (Å²) in [5.74, 6) is 10.6. The molecule has 0 amide bonds. The topological polar surface area (TPSA) is 106 Å². The van der Waals surface area contributed by atoms with Crippen molar-refractivity contribution in [3.05, 3.63) is 86.4 Å². The van der Waals surface area contributed by atoms with Gasteiger partial charge in [0.15, 0.2) is 0 Å². The molecule has 0 aromatic heterocycles. The number of halogens is 3. The number of hydrogen-bond donors (Lipinski definition) is 3. The predicted octanol–water partition coefficient (Wildman–Crippen LogP) is 15.2. The third kappa shape index (κ3) is 6.44. The average molecular weight is 905 g/mol. The molecule has 12 saturated carbocycles. The largest absolute Gasteiger partial charge is 0.455 e. The van der Waals surface area contributed by atoms with Crippen LogP contribution in [0.4, 0.5) is 17.1 Å². The first-order valence-electron chi connectivity index (χ1n) is 24.3. The van der Waals surface area contributed by atoms with Crippen LogP contribution >= 0.6 is 34.8 Å². The number of benzene rings is 4. The van der Waals surface area contributed by atoms with Gasteiger partial charge < -0.3 is 31.4 Å². The minimum absolute atomic E-state index is 0.161. The number of ether oxygens (including phenoxy) is 3. The van der Waals surface area contributed by atoms with Crippen LogP contribution in [0.3, 0.4) is 0 Å². The summed E-state index contributed by atoms with van der Waals surface area (Å²) in [6, 6.07) is 17.1. The van der Waals surface area contributed by atoms with Gasteiger partial charge in [-0.05, 0) is 223 Å². The molecule has 0 atom stereocenters. The quantitative estimate of drug-likeness (QED) is 0.145. The second kappa shape index (κ2) is 14.3. The molecule has 0 aliphatic heterocycles.